The lowest BCUT2D eigenvalue weighted by Crippen LogP contribution is -2.58. The maximum atomic E-state index is 15.6. The number of carbonyl (C=O) groups excluding carboxylic acids is 5. The van der Waals surface area contributed by atoms with E-state index in [-0.39, 0.29) is 61.4 Å². The molecule has 2 aliphatic rings. The van der Waals surface area contributed by atoms with Crippen molar-refractivity contribution in [1.82, 2.24) is 35.4 Å². The van der Waals surface area contributed by atoms with Crippen LogP contribution in [0.15, 0.2) is 60.4 Å². The number of H-pyrrole nitrogens is 1. The van der Waals surface area contributed by atoms with Crippen LogP contribution in [0.4, 0.5) is 20.2 Å². The van der Waals surface area contributed by atoms with Gasteiger partial charge in [0.15, 0.2) is 5.82 Å². The van der Waals surface area contributed by atoms with Gasteiger partial charge >= 0.3 is 0 Å². The fraction of sp³-hybridized carbons (Fsp3) is 0.413. The molecule has 0 saturated carbocycles. The van der Waals surface area contributed by atoms with E-state index in [0.29, 0.717) is 18.8 Å². The van der Waals surface area contributed by atoms with Crippen molar-refractivity contribution in [2.24, 2.45) is 5.41 Å². The molecule has 0 radical (unpaired) electrons. The van der Waals surface area contributed by atoms with Crippen molar-refractivity contribution in [3.8, 4) is 10.4 Å². The van der Waals surface area contributed by atoms with Gasteiger partial charge in [0.05, 0.1) is 51.1 Å². The Morgan fingerprint density at radius 3 is 2.39 bits per heavy atom. The summed E-state index contributed by atoms with van der Waals surface area (Å²) in [6.07, 6.45) is 1.58. The van der Waals surface area contributed by atoms with Crippen molar-refractivity contribution >= 4 is 73.2 Å². The summed E-state index contributed by atoms with van der Waals surface area (Å²) in [5.74, 6) is -6.01. The van der Waals surface area contributed by atoms with Gasteiger partial charge in [-0.1, -0.05) is 52.0 Å². The zero-order valence-corrected chi connectivity index (χ0v) is 39.3. The summed E-state index contributed by atoms with van der Waals surface area (Å²) in [5, 5.41) is 16.5. The molecule has 5 N–H and O–H groups in total. The molecule has 21 heteroatoms. The predicted molar refractivity (Wildman–Crippen MR) is 249 cm³/mol. The van der Waals surface area contributed by atoms with Gasteiger partial charge < -0.3 is 35.4 Å². The summed E-state index contributed by atoms with van der Waals surface area (Å²) >= 11 is 1.54. The molecule has 5 aromatic rings. The molecule has 3 aromatic heterocycles. The van der Waals surface area contributed by atoms with Gasteiger partial charge in [0, 0.05) is 62.8 Å². The first kappa shape index (κ1) is 48.6. The van der Waals surface area contributed by atoms with E-state index in [1.54, 1.807) is 56.8 Å². The minimum absolute atomic E-state index is 0.0201. The summed E-state index contributed by atoms with van der Waals surface area (Å²) in [6.45, 7) is 9.95. The minimum Gasteiger partial charge on any atom is -0.391 e. The number of aliphatic hydroxyl groups is 1. The van der Waals surface area contributed by atoms with Gasteiger partial charge in [-0.15, -0.1) is 11.3 Å². The van der Waals surface area contributed by atoms with Gasteiger partial charge in [0.2, 0.25) is 39.4 Å². The standard InChI is InChI=1S/C46H53F2N9O8S2/c1-6-17-67(64,65)54-34-12-11-33(47)38(39(34)48)40(61)32-23-50-43-31(32)18-29(22-49-43)55-13-15-56(16-14-55)37(60)20-36(59)53-42(46(3,4)5)45(63)57-24-30(58)19-35(57)44(62)51-21-27-7-9-28(10-8-27)41-26(2)52-25-66-41/h7-12,18,22-23,25,30,35,42,54,58H,6,13-17,19-21,24H2,1-5H3,(H,49,50)(H,51,62)(H,53,59)/t30-,35+,42?/m1/s1. The zero-order chi connectivity index (χ0) is 48.4. The van der Waals surface area contributed by atoms with E-state index >= 15 is 8.78 Å². The number of nitrogens with one attached hydrogen (secondary N) is 4. The molecule has 7 rings (SSSR count). The van der Waals surface area contributed by atoms with Crippen LogP contribution in [0.25, 0.3) is 21.5 Å². The number of amides is 4. The number of likely N-dealkylation sites (tertiary alicyclic amines) is 1. The molecule has 3 atom stereocenters. The number of thiazole rings is 1. The number of rotatable bonds is 15. The van der Waals surface area contributed by atoms with Crippen LogP contribution in [0.1, 0.15) is 74.1 Å². The van der Waals surface area contributed by atoms with Crippen molar-refractivity contribution in [1.29, 1.82) is 0 Å². The highest BCUT2D eigenvalue weighted by Crippen LogP contribution is 2.31. The van der Waals surface area contributed by atoms with Crippen LogP contribution in [0.5, 0.6) is 0 Å². The number of aromatic nitrogens is 3. The highest BCUT2D eigenvalue weighted by atomic mass is 32.2. The maximum absolute atomic E-state index is 15.6. The zero-order valence-electron chi connectivity index (χ0n) is 37.7. The highest BCUT2D eigenvalue weighted by molar-refractivity contribution is 7.92. The Balaban J connectivity index is 0.949. The first-order valence-electron chi connectivity index (χ1n) is 21.8. The summed E-state index contributed by atoms with van der Waals surface area (Å²) in [7, 11) is -3.94. The quantitative estimate of drug-likeness (QED) is 0.0725. The van der Waals surface area contributed by atoms with E-state index in [2.05, 4.69) is 30.3 Å². The van der Waals surface area contributed by atoms with E-state index < -0.39 is 92.3 Å². The van der Waals surface area contributed by atoms with Gasteiger partial charge in [0.25, 0.3) is 0 Å². The topological polar surface area (TPSA) is 227 Å². The van der Waals surface area contributed by atoms with Crippen molar-refractivity contribution in [2.75, 3.05) is 48.1 Å². The smallest absolute Gasteiger partial charge is 0.246 e. The Morgan fingerprint density at radius 1 is 1.01 bits per heavy atom. The molecule has 1 unspecified atom stereocenters. The van der Waals surface area contributed by atoms with Crippen LogP contribution >= 0.6 is 11.3 Å². The normalized spacial score (nSPS) is 17.1. The molecular formula is C46H53F2N9O8S2. The minimum atomic E-state index is -3.94. The number of aromatic amines is 1. The van der Waals surface area contributed by atoms with E-state index in [9.17, 15) is 37.5 Å². The molecule has 0 spiro atoms. The van der Waals surface area contributed by atoms with E-state index in [4.69, 9.17) is 0 Å². The van der Waals surface area contributed by atoms with E-state index in [0.717, 1.165) is 33.8 Å². The number of halogens is 2. The molecule has 0 bridgehead atoms. The molecule has 0 aliphatic carbocycles. The van der Waals surface area contributed by atoms with Gasteiger partial charge in [-0.2, -0.15) is 0 Å². The number of hydrogen-bond donors (Lipinski definition) is 5. The van der Waals surface area contributed by atoms with E-state index in [1.165, 1.54) is 16.0 Å². The maximum Gasteiger partial charge on any atom is 0.246 e. The number of hydrogen-bond acceptors (Lipinski definition) is 12. The lowest BCUT2D eigenvalue weighted by molar-refractivity contribution is -0.145. The molecule has 2 aliphatic heterocycles. The number of benzene rings is 2. The number of β-amino-alcohol motifs (C(OH)–C–C–N with tert-alkyl or cyclic N) is 1. The summed E-state index contributed by atoms with van der Waals surface area (Å²) < 4.78 is 57.3. The third-order valence-electron chi connectivity index (χ3n) is 11.8. The van der Waals surface area contributed by atoms with Crippen LogP contribution in [-0.2, 0) is 35.7 Å². The van der Waals surface area contributed by atoms with Crippen molar-refractivity contribution in [2.45, 2.75) is 78.6 Å². The van der Waals surface area contributed by atoms with Crippen LogP contribution < -0.4 is 20.3 Å². The van der Waals surface area contributed by atoms with E-state index in [1.807, 2.05) is 36.1 Å². The second-order valence-electron chi connectivity index (χ2n) is 17.8. The third-order valence-corrected chi connectivity index (χ3v) is 14.3. The second-order valence-corrected chi connectivity index (χ2v) is 20.5. The number of anilines is 2. The van der Waals surface area contributed by atoms with Crippen LogP contribution in [0.3, 0.4) is 0 Å². The first-order valence-corrected chi connectivity index (χ1v) is 24.4. The van der Waals surface area contributed by atoms with Gasteiger partial charge in [-0.3, -0.25) is 28.7 Å². The fourth-order valence-corrected chi connectivity index (χ4v) is 10.2. The van der Waals surface area contributed by atoms with Crippen LogP contribution in [0, 0.1) is 24.0 Å². The molecule has 2 fully saturated rings. The molecule has 4 amide bonds. The van der Waals surface area contributed by atoms with Crippen molar-refractivity contribution in [3.05, 3.63) is 94.4 Å². The molecular weight excluding hydrogens is 909 g/mol. The lowest BCUT2D eigenvalue weighted by Gasteiger charge is -2.37. The van der Waals surface area contributed by atoms with Crippen molar-refractivity contribution in [3.63, 3.8) is 0 Å². The Morgan fingerprint density at radius 2 is 1.73 bits per heavy atom. The molecule has 17 nitrogen and oxygen atoms in total. The van der Waals surface area contributed by atoms with Gasteiger partial charge in [0.1, 0.15) is 30.0 Å². The number of nitrogens with zero attached hydrogens (tertiary/aromatic N) is 5. The highest BCUT2D eigenvalue weighted by Gasteiger charge is 2.44. The average Bonchev–Trinajstić information content (AvgIpc) is 4.03. The monoisotopic (exact) mass is 961 g/mol. The first-order chi connectivity index (χ1) is 31.7. The molecule has 5 heterocycles. The third kappa shape index (κ3) is 10.9. The summed E-state index contributed by atoms with van der Waals surface area (Å²) in [5.41, 5.74) is 2.96. The number of piperazine rings is 1. The molecule has 356 valence electrons. The van der Waals surface area contributed by atoms with Crippen LogP contribution in [0.2, 0.25) is 0 Å². The SMILES string of the molecule is CCCS(=O)(=O)Nc1ccc(F)c(C(=O)c2c[nH]c3ncc(N4CCN(C(=O)CC(=O)NC(C(=O)N5C[C@H](O)C[C@H]5C(=O)NCc5ccc(-c6scnc6C)cc5)C(C)(C)C)CC4)cc23)c1F. The Hall–Kier alpha value is -6.32. The number of aryl methyl sites for hydroxylation is 1. The Kier molecular flexibility index (Phi) is 14.4. The Labute approximate surface area is 390 Å². The lowest BCUT2D eigenvalue weighted by atomic mass is 9.85. The van der Waals surface area contributed by atoms with Crippen LogP contribution in [-0.4, -0.2) is 124 Å². The average molecular weight is 962 g/mol. The molecule has 67 heavy (non-hydrogen) atoms. The molecule has 2 aromatic carbocycles. The largest absolute Gasteiger partial charge is 0.391 e. The number of fused-ring (bicyclic) bond motifs is 1. The summed E-state index contributed by atoms with van der Waals surface area (Å²) in [6, 6.07) is 8.97. The van der Waals surface area contributed by atoms with Gasteiger partial charge in [-0.05, 0) is 48.1 Å². The second kappa shape index (κ2) is 19.9. The number of aliphatic hydroxyl groups excluding tert-OH is 1. The number of ketones is 1. The van der Waals surface area contributed by atoms with Gasteiger partial charge in [-0.25, -0.2) is 27.2 Å². The predicted octanol–water partition coefficient (Wildman–Crippen LogP) is 4.50. The number of sulfonamides is 1. The summed E-state index contributed by atoms with van der Waals surface area (Å²) in [4.78, 5) is 85.5. The van der Waals surface area contributed by atoms with Crippen molar-refractivity contribution < 1.29 is 46.3 Å². The Bertz CT molecular complexity index is 2800. The molecule has 2 saturated heterocycles. The fourth-order valence-electron chi connectivity index (χ4n) is 8.27. The number of carbonyl (C=O) groups is 5. The number of pyridine rings is 1.